The molecule has 0 aromatic carbocycles. The van der Waals surface area contributed by atoms with E-state index in [2.05, 4.69) is 37.0 Å². The second-order valence-corrected chi connectivity index (χ2v) is 14.7. The van der Waals surface area contributed by atoms with Crippen molar-refractivity contribution in [2.45, 2.75) is 87.1 Å². The van der Waals surface area contributed by atoms with Crippen LogP contribution in [0.25, 0.3) is 0 Å². The molecule has 4 bridgehead atoms. The molecular weight excluding hydrogens is 525 g/mol. The standard InChI is InChI=1S/C15H28O3Si.C9H12.C6H16O3Si.CH4/c1-4-16-19(17-5-2,18-6-3)10-9-15-12-13-7-8-14(15)11-13;1-2-8-5-7-3-4-9(8)6-7;1-4-7-10(8-5-2)9-6-3;/h7-8,13-15H,4-6,9-12H2,1-3H3;2-4,7-9H,1,5-6H2;10H,4-6H2,1-3H3;1H4. The number of hydrogen-bond donors (Lipinski definition) is 0. The third kappa shape index (κ3) is 12.0. The Morgan fingerprint density at radius 2 is 1.18 bits per heavy atom. The fourth-order valence-corrected chi connectivity index (χ4v) is 10.1. The Balaban J connectivity index is 0.000000321. The molecule has 0 amide bonds. The molecule has 0 aromatic rings. The van der Waals surface area contributed by atoms with E-state index in [9.17, 15) is 0 Å². The molecule has 2 saturated carbocycles. The minimum atomic E-state index is -2.41. The molecule has 39 heavy (non-hydrogen) atoms. The molecule has 4 aliphatic carbocycles. The van der Waals surface area contributed by atoms with Crippen LogP contribution in [0.1, 0.15) is 81.1 Å². The van der Waals surface area contributed by atoms with E-state index in [1.54, 1.807) is 0 Å². The molecule has 0 radical (unpaired) electrons. The van der Waals surface area contributed by atoms with Gasteiger partial charge in [-0.15, -0.1) is 6.58 Å². The highest BCUT2D eigenvalue weighted by atomic mass is 28.4. The molecule has 2 fully saturated rings. The Kier molecular flexibility index (Phi) is 19.0. The summed E-state index contributed by atoms with van der Waals surface area (Å²) in [5.41, 5.74) is 0. The molecule has 0 heterocycles. The third-order valence-electron chi connectivity index (χ3n) is 7.87. The molecule has 8 heteroatoms. The maximum absolute atomic E-state index is 5.93. The summed E-state index contributed by atoms with van der Waals surface area (Å²) in [6.45, 7) is 19.8. The van der Waals surface area contributed by atoms with Gasteiger partial charge in [-0.2, -0.15) is 0 Å². The average molecular weight is 585 g/mol. The van der Waals surface area contributed by atoms with Crippen molar-refractivity contribution in [3.63, 3.8) is 0 Å². The van der Waals surface area contributed by atoms with Crippen LogP contribution in [0.15, 0.2) is 37.0 Å². The van der Waals surface area contributed by atoms with Crippen LogP contribution < -0.4 is 0 Å². The van der Waals surface area contributed by atoms with Crippen LogP contribution in [-0.2, 0) is 26.6 Å². The third-order valence-corrected chi connectivity index (χ3v) is 12.8. The molecule has 4 rings (SSSR count). The van der Waals surface area contributed by atoms with E-state index >= 15 is 0 Å². The first kappa shape index (κ1) is 36.4. The van der Waals surface area contributed by atoms with Crippen LogP contribution in [0, 0.1) is 35.5 Å². The highest BCUT2D eigenvalue weighted by Crippen LogP contribution is 2.46. The lowest BCUT2D eigenvalue weighted by atomic mass is 9.91. The number of allylic oxidation sites excluding steroid dienone is 5. The van der Waals surface area contributed by atoms with Gasteiger partial charge in [-0.05, 0) is 109 Å². The van der Waals surface area contributed by atoms with E-state index in [0.717, 1.165) is 41.6 Å². The topological polar surface area (TPSA) is 55.4 Å². The molecular formula is C31H60O6Si2. The maximum atomic E-state index is 5.93. The van der Waals surface area contributed by atoms with Crippen LogP contribution >= 0.6 is 0 Å². The predicted octanol–water partition coefficient (Wildman–Crippen LogP) is 7.47. The Labute approximate surface area is 243 Å². The van der Waals surface area contributed by atoms with Crippen molar-refractivity contribution >= 4 is 18.3 Å². The second kappa shape index (κ2) is 20.3. The van der Waals surface area contributed by atoms with E-state index < -0.39 is 18.3 Å². The summed E-state index contributed by atoms with van der Waals surface area (Å²) < 4.78 is 33.4. The first-order valence-electron chi connectivity index (χ1n) is 15.2. The van der Waals surface area contributed by atoms with Gasteiger partial charge in [0.25, 0.3) is 0 Å². The predicted molar refractivity (Wildman–Crippen MR) is 167 cm³/mol. The van der Waals surface area contributed by atoms with Gasteiger partial charge < -0.3 is 26.6 Å². The van der Waals surface area contributed by atoms with Crippen molar-refractivity contribution < 1.29 is 26.6 Å². The van der Waals surface area contributed by atoms with Crippen LogP contribution in [0.3, 0.4) is 0 Å². The van der Waals surface area contributed by atoms with Crippen LogP contribution in [0.2, 0.25) is 6.04 Å². The van der Waals surface area contributed by atoms with Crippen molar-refractivity contribution in [3.8, 4) is 0 Å². The molecule has 6 atom stereocenters. The van der Waals surface area contributed by atoms with E-state index in [0.29, 0.717) is 39.6 Å². The normalized spacial score (nSPS) is 27.7. The van der Waals surface area contributed by atoms with Gasteiger partial charge in [0.05, 0.1) is 0 Å². The first-order chi connectivity index (χ1) is 18.5. The average Bonchev–Trinajstić information content (AvgIpc) is 3.72. The highest BCUT2D eigenvalue weighted by Gasteiger charge is 2.43. The largest absolute Gasteiger partial charge is 0.500 e. The summed E-state index contributed by atoms with van der Waals surface area (Å²) in [5, 5.41) is 0. The molecule has 6 nitrogen and oxygen atoms in total. The van der Waals surface area contributed by atoms with Gasteiger partial charge in [0, 0.05) is 45.7 Å². The SMILES string of the molecule is C.C=CC1CC2C=CC1C2.CCO[SiH](OCC)OCC.CCO[Si](CCC1CC2C=CC1C2)(OCC)OCC. The van der Waals surface area contributed by atoms with Gasteiger partial charge in [-0.25, -0.2) is 0 Å². The first-order valence-corrected chi connectivity index (χ1v) is 18.6. The summed E-state index contributed by atoms with van der Waals surface area (Å²) in [6.07, 6.45) is 18.4. The fourth-order valence-electron chi connectivity index (χ4n) is 6.24. The number of rotatable bonds is 16. The molecule has 0 N–H and O–H groups in total. The zero-order chi connectivity index (χ0) is 27.8. The van der Waals surface area contributed by atoms with E-state index in [1.165, 1.54) is 32.1 Å². The Hall–Kier alpha value is -0.586. The summed E-state index contributed by atoms with van der Waals surface area (Å²) in [7, 11) is -4.15. The van der Waals surface area contributed by atoms with Crippen LogP contribution in [0.4, 0.5) is 0 Å². The maximum Gasteiger partial charge on any atom is 0.500 e. The van der Waals surface area contributed by atoms with Gasteiger partial charge in [0.2, 0.25) is 0 Å². The summed E-state index contributed by atoms with van der Waals surface area (Å²) in [4.78, 5) is 0. The van der Waals surface area contributed by atoms with E-state index in [-0.39, 0.29) is 7.43 Å². The summed E-state index contributed by atoms with van der Waals surface area (Å²) in [5.74, 6) is 5.03. The van der Waals surface area contributed by atoms with Crippen molar-refractivity contribution in [3.05, 3.63) is 37.0 Å². The van der Waals surface area contributed by atoms with Crippen molar-refractivity contribution in [1.82, 2.24) is 0 Å². The van der Waals surface area contributed by atoms with Gasteiger partial charge >= 0.3 is 18.3 Å². The van der Waals surface area contributed by atoms with E-state index in [4.69, 9.17) is 26.6 Å². The molecule has 0 saturated heterocycles. The highest BCUT2D eigenvalue weighted by molar-refractivity contribution is 6.60. The quantitative estimate of drug-likeness (QED) is 0.139. The second-order valence-electron chi connectivity index (χ2n) is 10.4. The van der Waals surface area contributed by atoms with Crippen LogP contribution in [-0.4, -0.2) is 58.0 Å². The molecule has 0 spiro atoms. The van der Waals surface area contributed by atoms with Crippen molar-refractivity contribution in [1.29, 1.82) is 0 Å². The lowest BCUT2D eigenvalue weighted by Crippen LogP contribution is -2.46. The van der Waals surface area contributed by atoms with E-state index in [1.807, 2.05) is 41.5 Å². The Morgan fingerprint density at radius 1 is 0.692 bits per heavy atom. The van der Waals surface area contributed by atoms with Gasteiger partial charge in [0.1, 0.15) is 0 Å². The lowest BCUT2D eigenvalue weighted by Gasteiger charge is -2.30. The smallest absolute Gasteiger partial charge is 0.376 e. The summed E-state index contributed by atoms with van der Waals surface area (Å²) >= 11 is 0. The van der Waals surface area contributed by atoms with Crippen molar-refractivity contribution in [2.75, 3.05) is 39.6 Å². The van der Waals surface area contributed by atoms with Gasteiger partial charge in [-0.3, -0.25) is 0 Å². The molecule has 4 aliphatic rings. The van der Waals surface area contributed by atoms with Crippen molar-refractivity contribution in [2.24, 2.45) is 35.5 Å². The summed E-state index contributed by atoms with van der Waals surface area (Å²) in [6, 6.07) is 0.976. The molecule has 228 valence electrons. The molecule has 6 unspecified atom stereocenters. The van der Waals surface area contributed by atoms with Gasteiger partial charge in [0.15, 0.2) is 0 Å². The minimum Gasteiger partial charge on any atom is -0.376 e. The Bertz CT molecular complexity index is 671. The van der Waals surface area contributed by atoms with Gasteiger partial charge in [-0.1, -0.05) is 37.8 Å². The minimum absolute atomic E-state index is 0. The lowest BCUT2D eigenvalue weighted by molar-refractivity contribution is 0.0692. The monoisotopic (exact) mass is 584 g/mol. The number of hydrogen-bond acceptors (Lipinski definition) is 6. The zero-order valence-corrected chi connectivity index (χ0v) is 27.2. The molecule has 0 aromatic heterocycles. The number of fused-ring (bicyclic) bond motifs is 4. The zero-order valence-electron chi connectivity index (χ0n) is 25.1. The molecule has 0 aliphatic heterocycles. The Morgan fingerprint density at radius 3 is 1.49 bits per heavy atom. The fraction of sp³-hybridized carbons (Fsp3) is 0.806. The van der Waals surface area contributed by atoms with Crippen LogP contribution in [0.5, 0.6) is 0 Å².